The summed E-state index contributed by atoms with van der Waals surface area (Å²) in [6.07, 6.45) is 4.16. The summed E-state index contributed by atoms with van der Waals surface area (Å²) in [5.41, 5.74) is 0.922. The molecule has 1 atom stereocenters. The maximum atomic E-state index is 6.07. The molecule has 0 bridgehead atoms. The van der Waals surface area contributed by atoms with Crippen LogP contribution in [0.25, 0.3) is 0 Å². The Bertz CT molecular complexity index is 297. The van der Waals surface area contributed by atoms with E-state index in [9.17, 15) is 0 Å². The van der Waals surface area contributed by atoms with Crippen molar-refractivity contribution in [2.24, 2.45) is 0 Å². The third kappa shape index (κ3) is 3.31. The fourth-order valence-corrected chi connectivity index (χ4v) is 2.10. The second kappa shape index (κ2) is 6.28. The van der Waals surface area contributed by atoms with Gasteiger partial charge in [-0.1, -0.05) is 23.2 Å². The van der Waals surface area contributed by atoms with Crippen LogP contribution in [0.15, 0.2) is 12.4 Å². The average Bonchev–Trinajstić information content (AvgIpc) is 2.22. The molecule has 5 heteroatoms. The molecule has 0 aliphatic rings. The molecular formula is C10H15Cl2N3. The molecule has 0 aliphatic carbocycles. The van der Waals surface area contributed by atoms with Crippen LogP contribution in [0, 0.1) is 0 Å². The quantitative estimate of drug-likeness (QED) is 0.839. The first-order chi connectivity index (χ1) is 7.20. The fraction of sp³-hybridized carbons (Fsp3) is 0.500. The summed E-state index contributed by atoms with van der Waals surface area (Å²) in [5.74, 6) is 0. The van der Waals surface area contributed by atoms with E-state index in [1.165, 1.54) is 0 Å². The van der Waals surface area contributed by atoms with Crippen molar-refractivity contribution in [1.82, 2.24) is 15.6 Å². The van der Waals surface area contributed by atoms with Crippen molar-refractivity contribution in [2.75, 3.05) is 20.6 Å². The van der Waals surface area contributed by atoms with Gasteiger partial charge in [0.05, 0.1) is 10.0 Å². The minimum atomic E-state index is 0.153. The van der Waals surface area contributed by atoms with Gasteiger partial charge in [0, 0.05) is 24.0 Å². The minimum Gasteiger partial charge on any atom is -0.320 e. The van der Waals surface area contributed by atoms with Crippen LogP contribution in [0.1, 0.15) is 18.0 Å². The molecule has 0 spiro atoms. The first kappa shape index (κ1) is 12.7. The smallest absolute Gasteiger partial charge is 0.0652 e. The normalized spacial score (nSPS) is 12.8. The zero-order valence-corrected chi connectivity index (χ0v) is 10.4. The summed E-state index contributed by atoms with van der Waals surface area (Å²) in [6.45, 7) is 0.903. The average molecular weight is 248 g/mol. The second-order valence-corrected chi connectivity index (χ2v) is 4.06. The van der Waals surface area contributed by atoms with Crippen LogP contribution < -0.4 is 10.6 Å². The first-order valence-electron chi connectivity index (χ1n) is 4.81. The fourth-order valence-electron chi connectivity index (χ4n) is 1.48. The van der Waals surface area contributed by atoms with Crippen LogP contribution in [0.5, 0.6) is 0 Å². The molecule has 0 radical (unpaired) electrons. The van der Waals surface area contributed by atoms with Crippen LogP contribution in [-0.2, 0) is 0 Å². The molecule has 2 N–H and O–H groups in total. The maximum Gasteiger partial charge on any atom is 0.0652 e. The van der Waals surface area contributed by atoms with E-state index in [1.807, 2.05) is 14.1 Å². The lowest BCUT2D eigenvalue weighted by molar-refractivity contribution is 0.533. The van der Waals surface area contributed by atoms with Crippen LogP contribution in [0.3, 0.4) is 0 Å². The van der Waals surface area contributed by atoms with E-state index in [2.05, 4.69) is 15.6 Å². The third-order valence-corrected chi connectivity index (χ3v) is 2.87. The second-order valence-electron chi connectivity index (χ2n) is 3.25. The highest BCUT2D eigenvalue weighted by molar-refractivity contribution is 6.35. The topological polar surface area (TPSA) is 37.0 Å². The Labute approximate surface area is 100 Å². The zero-order valence-electron chi connectivity index (χ0n) is 8.85. The molecule has 1 heterocycles. The first-order valence-corrected chi connectivity index (χ1v) is 5.57. The Morgan fingerprint density at radius 2 is 1.87 bits per heavy atom. The van der Waals surface area contributed by atoms with E-state index < -0.39 is 0 Å². The Hall–Kier alpha value is -0.350. The summed E-state index contributed by atoms with van der Waals surface area (Å²) in [4.78, 5) is 3.93. The lowest BCUT2D eigenvalue weighted by atomic mass is 10.1. The van der Waals surface area contributed by atoms with E-state index in [4.69, 9.17) is 23.2 Å². The van der Waals surface area contributed by atoms with E-state index in [0.29, 0.717) is 10.0 Å². The predicted octanol–water partition coefficient (Wildman–Crippen LogP) is 2.26. The molecule has 1 aromatic rings. The van der Waals surface area contributed by atoms with Gasteiger partial charge >= 0.3 is 0 Å². The van der Waals surface area contributed by atoms with E-state index >= 15 is 0 Å². The number of nitrogens with zero attached hydrogens (tertiary/aromatic N) is 1. The monoisotopic (exact) mass is 247 g/mol. The van der Waals surface area contributed by atoms with Gasteiger partial charge in [-0.25, -0.2) is 0 Å². The molecule has 1 aromatic heterocycles. The number of pyridine rings is 1. The highest BCUT2D eigenvalue weighted by Crippen LogP contribution is 2.30. The molecule has 1 rings (SSSR count). The molecule has 84 valence electrons. The van der Waals surface area contributed by atoms with Crippen molar-refractivity contribution in [3.8, 4) is 0 Å². The molecule has 0 saturated heterocycles. The number of nitrogens with one attached hydrogen (secondary N) is 2. The number of hydrogen-bond donors (Lipinski definition) is 2. The Kier molecular flexibility index (Phi) is 5.32. The Balaban J connectivity index is 2.90. The van der Waals surface area contributed by atoms with E-state index in [1.54, 1.807) is 12.4 Å². The van der Waals surface area contributed by atoms with Crippen molar-refractivity contribution in [3.05, 3.63) is 28.0 Å². The SMILES string of the molecule is CNCCC(NC)c1c(Cl)cncc1Cl. The lowest BCUT2D eigenvalue weighted by Crippen LogP contribution is -2.22. The van der Waals surface area contributed by atoms with E-state index in [-0.39, 0.29) is 6.04 Å². The standard InChI is InChI=1S/C10H15Cl2N3/c1-13-4-3-9(14-2)10-7(11)5-15-6-8(10)12/h5-6,9,13-14H,3-4H2,1-2H3. The number of halogens is 2. The van der Waals surface area contributed by atoms with Crippen LogP contribution in [-0.4, -0.2) is 25.6 Å². The predicted molar refractivity (Wildman–Crippen MR) is 64.6 cm³/mol. The van der Waals surface area contributed by atoms with Crippen molar-refractivity contribution in [2.45, 2.75) is 12.5 Å². The van der Waals surface area contributed by atoms with Gasteiger partial charge in [0.1, 0.15) is 0 Å². The van der Waals surface area contributed by atoms with Crippen molar-refractivity contribution in [1.29, 1.82) is 0 Å². The van der Waals surface area contributed by atoms with Gasteiger partial charge in [0.25, 0.3) is 0 Å². The van der Waals surface area contributed by atoms with Crippen LogP contribution >= 0.6 is 23.2 Å². The maximum absolute atomic E-state index is 6.07. The lowest BCUT2D eigenvalue weighted by Gasteiger charge is -2.18. The van der Waals surface area contributed by atoms with Crippen molar-refractivity contribution >= 4 is 23.2 Å². The highest BCUT2D eigenvalue weighted by Gasteiger charge is 2.16. The summed E-state index contributed by atoms with van der Waals surface area (Å²) in [5, 5.41) is 7.52. The van der Waals surface area contributed by atoms with Crippen molar-refractivity contribution < 1.29 is 0 Å². The molecule has 3 nitrogen and oxygen atoms in total. The summed E-state index contributed by atoms with van der Waals surface area (Å²) < 4.78 is 0. The number of hydrogen-bond acceptors (Lipinski definition) is 3. The highest BCUT2D eigenvalue weighted by atomic mass is 35.5. The van der Waals surface area contributed by atoms with Gasteiger partial charge in [-0.05, 0) is 27.1 Å². The summed E-state index contributed by atoms with van der Waals surface area (Å²) in [7, 11) is 3.82. The summed E-state index contributed by atoms with van der Waals surface area (Å²) in [6, 6.07) is 0.153. The van der Waals surface area contributed by atoms with Gasteiger partial charge in [-0.3, -0.25) is 4.98 Å². The minimum absolute atomic E-state index is 0.153. The summed E-state index contributed by atoms with van der Waals surface area (Å²) >= 11 is 12.1. The van der Waals surface area contributed by atoms with Gasteiger partial charge in [0.15, 0.2) is 0 Å². The molecule has 0 amide bonds. The number of aromatic nitrogens is 1. The van der Waals surface area contributed by atoms with Crippen LogP contribution in [0.4, 0.5) is 0 Å². The molecule has 0 fully saturated rings. The van der Waals surface area contributed by atoms with Gasteiger partial charge < -0.3 is 10.6 Å². The molecule has 1 unspecified atom stereocenters. The van der Waals surface area contributed by atoms with Gasteiger partial charge in [0.2, 0.25) is 0 Å². The molecular weight excluding hydrogens is 233 g/mol. The zero-order chi connectivity index (χ0) is 11.3. The van der Waals surface area contributed by atoms with Crippen LogP contribution in [0.2, 0.25) is 10.0 Å². The van der Waals surface area contributed by atoms with Gasteiger partial charge in [-0.2, -0.15) is 0 Å². The largest absolute Gasteiger partial charge is 0.320 e. The van der Waals surface area contributed by atoms with Crippen molar-refractivity contribution in [3.63, 3.8) is 0 Å². The molecule has 0 aliphatic heterocycles. The van der Waals surface area contributed by atoms with E-state index in [0.717, 1.165) is 18.5 Å². The number of rotatable bonds is 5. The molecule has 0 saturated carbocycles. The Morgan fingerprint density at radius 3 is 2.33 bits per heavy atom. The molecule has 0 aromatic carbocycles. The van der Waals surface area contributed by atoms with Gasteiger partial charge in [-0.15, -0.1) is 0 Å². The Morgan fingerprint density at radius 1 is 1.27 bits per heavy atom. The molecule has 15 heavy (non-hydrogen) atoms. The third-order valence-electron chi connectivity index (χ3n) is 2.27.